The highest BCUT2D eigenvalue weighted by Crippen LogP contribution is 2.38. The lowest BCUT2D eigenvalue weighted by Gasteiger charge is -2.29. The fraction of sp³-hybridized carbons (Fsp3) is 0.474. The van der Waals surface area contributed by atoms with Gasteiger partial charge in [-0.3, -0.25) is 9.79 Å². The number of aliphatic imine (C=N–C) groups is 1. The smallest absolute Gasteiger partial charge is 0.230 e. The summed E-state index contributed by atoms with van der Waals surface area (Å²) < 4.78 is 33.1. The first-order valence-corrected chi connectivity index (χ1v) is 8.63. The van der Waals surface area contributed by atoms with Crippen LogP contribution in [0.5, 0.6) is 0 Å². The number of fused-ring (bicyclic) bond motifs is 1. The molecule has 1 aromatic rings. The van der Waals surface area contributed by atoms with Crippen molar-refractivity contribution >= 4 is 11.6 Å². The minimum Gasteiger partial charge on any atom is -0.381 e. The van der Waals surface area contributed by atoms with E-state index in [1.54, 1.807) is 11.9 Å². The number of carbonyl (C=O) groups is 1. The highest BCUT2D eigenvalue weighted by atomic mass is 19.1. The Kier molecular flexibility index (Phi) is 4.15. The van der Waals surface area contributed by atoms with Gasteiger partial charge in [0.25, 0.3) is 0 Å². The molecule has 3 aliphatic heterocycles. The molecule has 6 heteroatoms. The Morgan fingerprint density at radius 2 is 2.00 bits per heavy atom. The van der Waals surface area contributed by atoms with E-state index in [0.29, 0.717) is 25.5 Å². The van der Waals surface area contributed by atoms with Crippen molar-refractivity contribution in [3.05, 3.63) is 47.2 Å². The number of allylic oxidation sites excluding steroid dienone is 1. The van der Waals surface area contributed by atoms with Gasteiger partial charge in [-0.15, -0.1) is 0 Å². The Morgan fingerprint density at radius 1 is 1.24 bits per heavy atom. The van der Waals surface area contributed by atoms with Crippen LogP contribution in [0.1, 0.15) is 18.4 Å². The second-order valence-electron chi connectivity index (χ2n) is 6.95. The number of likely N-dealkylation sites (tertiary alicyclic amines) is 1. The standard InChI is InChI=1S/C19H20F2N2O2/c1-23-10-15-14(19(23)24)9-17(11-4-6-25-7-5-11)22-18(15)13-3-2-12(20)8-16(13)21/h2-3,8-9,11,14-15H,4-7,10H2,1H3. The maximum absolute atomic E-state index is 14.4. The summed E-state index contributed by atoms with van der Waals surface area (Å²) >= 11 is 0. The van der Waals surface area contributed by atoms with Gasteiger partial charge >= 0.3 is 0 Å². The van der Waals surface area contributed by atoms with Crippen molar-refractivity contribution in [2.75, 3.05) is 26.8 Å². The predicted molar refractivity (Wildman–Crippen MR) is 89.1 cm³/mol. The molecule has 4 rings (SSSR count). The van der Waals surface area contributed by atoms with E-state index in [0.717, 1.165) is 24.6 Å². The van der Waals surface area contributed by atoms with Crippen molar-refractivity contribution in [1.82, 2.24) is 4.90 Å². The molecular weight excluding hydrogens is 326 g/mol. The summed E-state index contributed by atoms with van der Waals surface area (Å²) in [5.41, 5.74) is 1.69. The SMILES string of the molecule is CN1CC2C(c3ccc(F)cc3F)=NC(C3CCOCC3)=CC2C1=O. The van der Waals surface area contributed by atoms with E-state index < -0.39 is 11.6 Å². The van der Waals surface area contributed by atoms with Crippen LogP contribution in [0, 0.1) is 29.4 Å². The van der Waals surface area contributed by atoms with Gasteiger partial charge in [0, 0.05) is 56.0 Å². The molecule has 2 unspecified atom stereocenters. The maximum Gasteiger partial charge on any atom is 0.230 e. The van der Waals surface area contributed by atoms with Gasteiger partial charge in [-0.1, -0.05) is 0 Å². The average Bonchev–Trinajstić information content (AvgIpc) is 2.90. The van der Waals surface area contributed by atoms with Crippen molar-refractivity contribution in [3.63, 3.8) is 0 Å². The van der Waals surface area contributed by atoms with Gasteiger partial charge in [-0.05, 0) is 31.1 Å². The summed E-state index contributed by atoms with van der Waals surface area (Å²) in [5.74, 6) is -1.51. The van der Waals surface area contributed by atoms with Crippen molar-refractivity contribution in [2.45, 2.75) is 12.8 Å². The summed E-state index contributed by atoms with van der Waals surface area (Å²) in [7, 11) is 1.75. The monoisotopic (exact) mass is 346 g/mol. The van der Waals surface area contributed by atoms with Gasteiger partial charge in [0.2, 0.25) is 5.91 Å². The van der Waals surface area contributed by atoms with E-state index in [1.165, 1.54) is 12.1 Å². The summed E-state index contributed by atoms with van der Waals surface area (Å²) in [4.78, 5) is 19.0. The van der Waals surface area contributed by atoms with Crippen LogP contribution in [0.3, 0.4) is 0 Å². The topological polar surface area (TPSA) is 41.9 Å². The third-order valence-electron chi connectivity index (χ3n) is 5.36. The first kappa shape index (κ1) is 16.4. The minimum absolute atomic E-state index is 0.0319. The number of carbonyl (C=O) groups excluding carboxylic acids is 1. The number of hydrogen-bond donors (Lipinski definition) is 0. The fourth-order valence-electron chi connectivity index (χ4n) is 3.99. The molecule has 2 fully saturated rings. The van der Waals surface area contributed by atoms with Crippen LogP contribution in [0.4, 0.5) is 8.78 Å². The number of ether oxygens (including phenoxy) is 1. The summed E-state index contributed by atoms with van der Waals surface area (Å²) in [6.07, 6.45) is 3.64. The van der Waals surface area contributed by atoms with Gasteiger partial charge in [-0.25, -0.2) is 8.78 Å². The summed E-state index contributed by atoms with van der Waals surface area (Å²) in [5, 5.41) is 0. The average molecular weight is 346 g/mol. The lowest BCUT2D eigenvalue weighted by Crippen LogP contribution is -2.30. The number of benzene rings is 1. The summed E-state index contributed by atoms with van der Waals surface area (Å²) in [6, 6.07) is 3.54. The molecule has 1 aromatic carbocycles. The van der Waals surface area contributed by atoms with E-state index in [9.17, 15) is 13.6 Å². The molecule has 0 radical (unpaired) electrons. The number of hydrogen-bond acceptors (Lipinski definition) is 3. The molecule has 4 nitrogen and oxygen atoms in total. The normalized spacial score (nSPS) is 27.2. The van der Waals surface area contributed by atoms with Gasteiger partial charge in [0.1, 0.15) is 11.6 Å². The second-order valence-corrected chi connectivity index (χ2v) is 6.95. The molecule has 0 aromatic heterocycles. The molecule has 0 aliphatic carbocycles. The van der Waals surface area contributed by atoms with Crippen LogP contribution in [-0.2, 0) is 9.53 Å². The van der Waals surface area contributed by atoms with E-state index >= 15 is 0 Å². The van der Waals surface area contributed by atoms with Crippen molar-refractivity contribution in [3.8, 4) is 0 Å². The molecule has 0 bridgehead atoms. The van der Waals surface area contributed by atoms with Gasteiger partial charge < -0.3 is 9.64 Å². The van der Waals surface area contributed by atoms with Gasteiger partial charge in [0.05, 0.1) is 11.6 Å². The van der Waals surface area contributed by atoms with Crippen LogP contribution in [0.25, 0.3) is 0 Å². The molecule has 2 atom stereocenters. The molecule has 1 amide bonds. The Bertz CT molecular complexity index is 769. The lowest BCUT2D eigenvalue weighted by atomic mass is 9.81. The zero-order valence-electron chi connectivity index (χ0n) is 14.0. The van der Waals surface area contributed by atoms with Crippen LogP contribution in [0.15, 0.2) is 35.0 Å². The molecule has 3 aliphatic rings. The van der Waals surface area contributed by atoms with Crippen molar-refractivity contribution < 1.29 is 18.3 Å². The predicted octanol–water partition coefficient (Wildman–Crippen LogP) is 2.78. The van der Waals surface area contributed by atoms with Crippen molar-refractivity contribution in [2.24, 2.45) is 22.7 Å². The van der Waals surface area contributed by atoms with E-state index in [4.69, 9.17) is 9.73 Å². The van der Waals surface area contributed by atoms with Crippen LogP contribution < -0.4 is 0 Å². The largest absolute Gasteiger partial charge is 0.381 e. The Hall–Kier alpha value is -2.08. The van der Waals surface area contributed by atoms with Crippen molar-refractivity contribution in [1.29, 1.82) is 0 Å². The molecule has 0 saturated carbocycles. The molecule has 0 spiro atoms. The van der Waals surface area contributed by atoms with E-state index in [2.05, 4.69) is 0 Å². The first-order chi connectivity index (χ1) is 12.0. The van der Waals surface area contributed by atoms with Gasteiger partial charge in [0.15, 0.2) is 0 Å². The molecular formula is C19H20F2N2O2. The Morgan fingerprint density at radius 3 is 2.72 bits per heavy atom. The molecule has 132 valence electrons. The third kappa shape index (κ3) is 2.88. The number of nitrogens with zero attached hydrogens (tertiary/aromatic N) is 2. The summed E-state index contributed by atoms with van der Waals surface area (Å²) in [6.45, 7) is 1.83. The Labute approximate surface area is 145 Å². The first-order valence-electron chi connectivity index (χ1n) is 8.63. The highest BCUT2D eigenvalue weighted by Gasteiger charge is 2.44. The van der Waals surface area contributed by atoms with Gasteiger partial charge in [-0.2, -0.15) is 0 Å². The fourth-order valence-corrected chi connectivity index (χ4v) is 3.99. The van der Waals surface area contributed by atoms with Crippen LogP contribution in [0.2, 0.25) is 0 Å². The Balaban J connectivity index is 1.78. The molecule has 0 N–H and O–H groups in total. The molecule has 3 heterocycles. The van der Waals surface area contributed by atoms with E-state index in [-0.39, 0.29) is 29.2 Å². The number of amides is 1. The third-order valence-corrected chi connectivity index (χ3v) is 5.36. The zero-order chi connectivity index (χ0) is 17.6. The maximum atomic E-state index is 14.4. The lowest BCUT2D eigenvalue weighted by molar-refractivity contribution is -0.128. The van der Waals surface area contributed by atoms with Crippen LogP contribution >= 0.6 is 0 Å². The number of halogens is 2. The minimum atomic E-state index is -0.632. The van der Waals surface area contributed by atoms with Crippen LogP contribution in [-0.4, -0.2) is 43.3 Å². The highest BCUT2D eigenvalue weighted by molar-refractivity contribution is 6.07. The quantitative estimate of drug-likeness (QED) is 0.826. The molecule has 2 saturated heterocycles. The number of rotatable bonds is 2. The zero-order valence-corrected chi connectivity index (χ0v) is 14.0. The van der Waals surface area contributed by atoms with E-state index in [1.807, 2.05) is 6.08 Å². The second kappa shape index (κ2) is 6.33. The molecule has 25 heavy (non-hydrogen) atoms.